The molecule has 2 aliphatic carbocycles. The van der Waals surface area contributed by atoms with E-state index in [1.807, 2.05) is 104 Å². The maximum absolute atomic E-state index is 13.5. The van der Waals surface area contributed by atoms with Crippen molar-refractivity contribution >= 4 is 48.6 Å². The quantitative estimate of drug-likeness (QED) is 0.0895. The molecule has 0 bridgehead atoms. The molecule has 0 heterocycles. The molecule has 0 saturated heterocycles. The fourth-order valence-corrected chi connectivity index (χ4v) is 9.47. The Hall–Kier alpha value is -7.25. The Morgan fingerprint density at radius 3 is 1.16 bits per heavy atom. The van der Waals surface area contributed by atoms with Crippen LogP contribution in [0, 0.1) is 10.8 Å². The van der Waals surface area contributed by atoms with Crippen molar-refractivity contribution in [3.8, 4) is 34.5 Å². The summed E-state index contributed by atoms with van der Waals surface area (Å²) in [7, 11) is 3.25. The van der Waals surface area contributed by atoms with Crippen molar-refractivity contribution in [2.24, 2.45) is 10.8 Å². The molecular formula is C62H72N2O10S. The number of anilines is 2. The van der Waals surface area contributed by atoms with E-state index in [4.69, 9.17) is 18.9 Å². The van der Waals surface area contributed by atoms with Crippen LogP contribution in [0.25, 0.3) is 0 Å². The van der Waals surface area contributed by atoms with E-state index in [2.05, 4.69) is 24.3 Å². The molecular weight excluding hydrogens is 965 g/mol. The zero-order valence-corrected chi connectivity index (χ0v) is 45.9. The molecule has 0 saturated carbocycles. The van der Waals surface area contributed by atoms with Crippen molar-refractivity contribution in [2.45, 2.75) is 106 Å². The van der Waals surface area contributed by atoms with Crippen LogP contribution in [0.3, 0.4) is 0 Å². The van der Waals surface area contributed by atoms with E-state index in [0.717, 1.165) is 61.0 Å². The summed E-state index contributed by atoms with van der Waals surface area (Å²) in [6.45, 7) is 16.0. The first-order chi connectivity index (χ1) is 35.2. The number of carbonyl (C=O) groups is 4. The first-order valence-corrected chi connectivity index (χ1v) is 25.5. The molecule has 2 atom stereocenters. The lowest BCUT2D eigenvalue weighted by atomic mass is 9.79. The Morgan fingerprint density at radius 1 is 0.493 bits per heavy atom. The monoisotopic (exact) mass is 1040 g/mol. The van der Waals surface area contributed by atoms with Crippen molar-refractivity contribution in [1.82, 2.24) is 0 Å². The third-order valence-corrected chi connectivity index (χ3v) is 13.7. The predicted molar refractivity (Wildman–Crippen MR) is 300 cm³/mol. The lowest BCUT2D eigenvalue weighted by molar-refractivity contribution is -0.143. The zero-order valence-electron chi connectivity index (χ0n) is 44.9. The number of esters is 2. The molecule has 2 N–H and O–H groups in total. The molecule has 0 radical (unpaired) electrons. The van der Waals surface area contributed by atoms with Crippen LogP contribution >= 0.6 is 13.5 Å². The van der Waals surface area contributed by atoms with E-state index < -0.39 is 10.8 Å². The third kappa shape index (κ3) is 13.7. The number of carbonyl (C=O) groups excluding carboxylic acids is 4. The highest BCUT2D eigenvalue weighted by Gasteiger charge is 2.31. The molecule has 8 rings (SSSR count). The predicted octanol–water partition coefficient (Wildman–Crippen LogP) is 12.7. The van der Waals surface area contributed by atoms with Gasteiger partial charge in [0.1, 0.15) is 34.5 Å². The number of hydrogen-bond donors (Lipinski definition) is 2. The molecule has 0 aromatic heterocycles. The number of nitrogens with zero attached hydrogens (tertiary/aromatic N) is 2. The summed E-state index contributed by atoms with van der Waals surface area (Å²) >= 11 is 0. The summed E-state index contributed by atoms with van der Waals surface area (Å²) < 4.78 is 22.2. The largest absolute Gasteiger partial charge is 0.508 e. The Labute approximate surface area is 449 Å². The van der Waals surface area contributed by atoms with Crippen molar-refractivity contribution in [2.75, 3.05) is 37.1 Å². The molecule has 6 aromatic rings. The molecule has 0 fully saturated rings. The Bertz CT molecular complexity index is 2790. The minimum Gasteiger partial charge on any atom is -0.508 e. The summed E-state index contributed by atoms with van der Waals surface area (Å²) in [5.74, 6) is 2.49. The minimum absolute atomic E-state index is 0. The minimum atomic E-state index is -0.561. The second-order valence-corrected chi connectivity index (χ2v) is 21.1. The average molecular weight is 1040 g/mol. The van der Waals surface area contributed by atoms with Crippen molar-refractivity contribution in [1.29, 1.82) is 0 Å². The van der Waals surface area contributed by atoms with Gasteiger partial charge in [0.15, 0.2) is 0 Å². The summed E-state index contributed by atoms with van der Waals surface area (Å²) in [5, 5.41) is 19.3. The van der Waals surface area contributed by atoms with Gasteiger partial charge in [-0.1, -0.05) is 24.3 Å². The normalized spacial score (nSPS) is 14.8. The Morgan fingerprint density at radius 2 is 0.840 bits per heavy atom. The molecule has 13 heteroatoms. The van der Waals surface area contributed by atoms with Gasteiger partial charge in [-0.15, -0.1) is 0 Å². The fraction of sp³-hybridized carbons (Fsp3) is 0.355. The van der Waals surface area contributed by atoms with Gasteiger partial charge in [0.05, 0.1) is 36.4 Å². The van der Waals surface area contributed by atoms with Gasteiger partial charge < -0.3 is 39.0 Å². The van der Waals surface area contributed by atoms with Gasteiger partial charge in [-0.25, -0.2) is 0 Å². The first kappa shape index (κ1) is 57.0. The highest BCUT2D eigenvalue weighted by atomic mass is 32.1. The van der Waals surface area contributed by atoms with Crippen LogP contribution in [0.4, 0.5) is 11.4 Å². The number of ether oxygens (including phenoxy) is 4. The number of phenols is 2. The van der Waals surface area contributed by atoms with Crippen molar-refractivity contribution in [3.05, 3.63) is 166 Å². The van der Waals surface area contributed by atoms with E-state index in [1.165, 1.54) is 46.5 Å². The number of methoxy groups -OCH3 is 2. The zero-order chi connectivity index (χ0) is 53.5. The number of amides is 2. The van der Waals surface area contributed by atoms with E-state index in [0.29, 0.717) is 47.2 Å². The van der Waals surface area contributed by atoms with Crippen LogP contribution in [0.1, 0.15) is 134 Å². The van der Waals surface area contributed by atoms with Gasteiger partial charge in [0.25, 0.3) is 11.8 Å². The number of hydrogen-bond acceptors (Lipinski definition) is 10. The molecule has 2 aliphatic rings. The van der Waals surface area contributed by atoms with E-state index in [9.17, 15) is 29.4 Å². The average Bonchev–Trinajstić information content (AvgIpc) is 3.38. The van der Waals surface area contributed by atoms with Crippen molar-refractivity contribution in [3.63, 3.8) is 0 Å². The van der Waals surface area contributed by atoms with E-state index >= 15 is 0 Å². The molecule has 6 aromatic carbocycles. The van der Waals surface area contributed by atoms with Gasteiger partial charge >= 0.3 is 11.9 Å². The second-order valence-electron chi connectivity index (χ2n) is 21.1. The molecule has 75 heavy (non-hydrogen) atoms. The summed E-state index contributed by atoms with van der Waals surface area (Å²) in [6, 6.07) is 36.4. The summed E-state index contributed by atoms with van der Waals surface area (Å²) in [6.07, 6.45) is 5.18. The lowest BCUT2D eigenvalue weighted by Crippen LogP contribution is -2.32. The summed E-state index contributed by atoms with van der Waals surface area (Å²) in [5.41, 5.74) is 8.61. The fourth-order valence-electron chi connectivity index (χ4n) is 9.47. The number of aryl methyl sites for hydroxylation is 2. The van der Waals surface area contributed by atoms with Crippen LogP contribution in [0.2, 0.25) is 0 Å². The van der Waals surface area contributed by atoms with Crippen LogP contribution < -0.4 is 28.7 Å². The Kier molecular flexibility index (Phi) is 18.6. The maximum atomic E-state index is 13.5. The number of phenolic OH excluding ortho intramolecular Hbond substituents is 2. The second kappa shape index (κ2) is 24.4. The highest BCUT2D eigenvalue weighted by molar-refractivity contribution is 7.59. The lowest BCUT2D eigenvalue weighted by Gasteiger charge is -2.31. The van der Waals surface area contributed by atoms with Gasteiger partial charge in [-0.2, -0.15) is 13.5 Å². The van der Waals surface area contributed by atoms with Crippen LogP contribution in [0.5, 0.6) is 34.5 Å². The smallest absolute Gasteiger partial charge is 0.316 e. The highest BCUT2D eigenvalue weighted by Crippen LogP contribution is 2.42. The molecule has 396 valence electrons. The molecule has 2 amide bonds. The van der Waals surface area contributed by atoms with Crippen molar-refractivity contribution < 1.29 is 48.3 Å². The van der Waals surface area contributed by atoms with Gasteiger partial charge in [-0.05, 0) is 224 Å². The number of rotatable bonds is 12. The number of benzene rings is 6. The van der Waals surface area contributed by atoms with Crippen LogP contribution in [-0.4, -0.2) is 61.3 Å². The van der Waals surface area contributed by atoms with E-state index in [-0.39, 0.29) is 60.6 Å². The Balaban J connectivity index is 0.000000241. The summed E-state index contributed by atoms with van der Waals surface area (Å²) in [4.78, 5) is 55.1. The molecule has 0 aliphatic heterocycles. The van der Waals surface area contributed by atoms with Gasteiger partial charge in [-0.3, -0.25) is 19.2 Å². The van der Waals surface area contributed by atoms with E-state index in [1.54, 1.807) is 48.3 Å². The van der Waals surface area contributed by atoms with Gasteiger partial charge in [0.2, 0.25) is 0 Å². The van der Waals surface area contributed by atoms with Gasteiger partial charge in [0, 0.05) is 36.3 Å². The molecule has 0 spiro atoms. The third-order valence-electron chi connectivity index (χ3n) is 13.7. The molecule has 12 nitrogen and oxygen atoms in total. The van der Waals surface area contributed by atoms with Crippen LogP contribution in [0.15, 0.2) is 121 Å². The SMILES string of the molecule is CCN(C(=O)c1ccc(O)cc1)c1cc(OC)ccc1[C@@H]1CCc2cc(OC(=O)C(C)(C)C)ccc2C1.CCN(C(=O)c1ccc(O)cc1)c1cc(OC)ccc1[C@H]1CCc2cc(OC(=O)C(C)(C)C)ccc2C1.S. The molecule has 0 unspecified atom stereocenters. The first-order valence-electron chi connectivity index (χ1n) is 25.5. The standard InChI is InChI=1S/2C31H35NO5.H2S/c2*1-6-32(29(34)20-9-12-24(33)13-10-20)28-19-25(36-5)15-16-27(28)23-8-7-22-18-26(14-11-21(22)17-23)37-30(35)31(2,3)4;/h2*9-16,18-19,23,33H,6-8,17H2,1-5H3;1H2/t2*23-;/m10./s1. The van der Waals surface area contributed by atoms with Crippen LogP contribution in [-0.2, 0) is 35.3 Å². The topological polar surface area (TPSA) is 152 Å². The number of fused-ring (bicyclic) bond motifs is 2. The maximum Gasteiger partial charge on any atom is 0.316 e. The number of aromatic hydroxyl groups is 2.